The molecule has 0 saturated carbocycles. The summed E-state index contributed by atoms with van der Waals surface area (Å²) in [6.45, 7) is 0.991. The first-order valence-corrected chi connectivity index (χ1v) is 9.27. The van der Waals surface area contributed by atoms with Crippen LogP contribution in [0.3, 0.4) is 0 Å². The molecule has 1 aliphatic rings. The van der Waals surface area contributed by atoms with E-state index >= 15 is 0 Å². The molecule has 8 nitrogen and oxygen atoms in total. The summed E-state index contributed by atoms with van der Waals surface area (Å²) >= 11 is 0. The maximum absolute atomic E-state index is 13.1. The van der Waals surface area contributed by atoms with Crippen molar-refractivity contribution in [3.63, 3.8) is 0 Å². The molecule has 2 aromatic rings. The molecule has 29 heavy (non-hydrogen) atoms. The molecule has 1 aromatic heterocycles. The van der Waals surface area contributed by atoms with Crippen LogP contribution in [0.2, 0.25) is 0 Å². The number of likely N-dealkylation sites (tertiary alicyclic amines) is 1. The second-order valence-corrected chi connectivity index (χ2v) is 6.61. The Morgan fingerprint density at radius 1 is 1.34 bits per heavy atom. The molecule has 150 valence electrons. The van der Waals surface area contributed by atoms with Crippen molar-refractivity contribution in [2.75, 3.05) is 26.8 Å². The molecular formula is C21H22N4O4. The van der Waals surface area contributed by atoms with Crippen molar-refractivity contribution < 1.29 is 19.1 Å². The van der Waals surface area contributed by atoms with Gasteiger partial charge < -0.3 is 19.7 Å². The topological polar surface area (TPSA) is 105 Å². The van der Waals surface area contributed by atoms with Crippen molar-refractivity contribution in [1.82, 2.24) is 15.2 Å². The van der Waals surface area contributed by atoms with Gasteiger partial charge in [-0.15, -0.1) is 0 Å². The summed E-state index contributed by atoms with van der Waals surface area (Å²) in [5.74, 6) is 0.00669. The summed E-state index contributed by atoms with van der Waals surface area (Å²) in [7, 11) is 1.55. The fraction of sp³-hybridized carbons (Fsp3) is 0.333. The number of benzene rings is 1. The van der Waals surface area contributed by atoms with E-state index in [0.29, 0.717) is 36.4 Å². The minimum absolute atomic E-state index is 0.257. The van der Waals surface area contributed by atoms with Crippen LogP contribution < -0.4 is 10.1 Å². The zero-order chi connectivity index (χ0) is 20.6. The van der Waals surface area contributed by atoms with Crippen LogP contribution in [0, 0.1) is 11.3 Å². The Kier molecular flexibility index (Phi) is 6.76. The zero-order valence-corrected chi connectivity index (χ0v) is 16.1. The van der Waals surface area contributed by atoms with Crippen molar-refractivity contribution in [1.29, 1.82) is 5.26 Å². The molecule has 2 atom stereocenters. The highest BCUT2D eigenvalue weighted by molar-refractivity contribution is 5.98. The number of carbonyl (C=O) groups is 2. The summed E-state index contributed by atoms with van der Waals surface area (Å²) in [6.07, 6.45) is 3.25. The minimum atomic E-state index is -0.674. The minimum Gasteiger partial charge on any atom is -0.487 e. The smallest absolute Gasteiger partial charge is 0.254 e. The normalized spacial score (nSPS) is 18.1. The van der Waals surface area contributed by atoms with Crippen LogP contribution in [0.4, 0.5) is 0 Å². The number of hydrogen-bond acceptors (Lipinski definition) is 6. The van der Waals surface area contributed by atoms with Crippen LogP contribution in [-0.4, -0.2) is 60.7 Å². The average Bonchev–Trinajstić information content (AvgIpc) is 3.18. The molecule has 0 spiro atoms. The molecule has 2 unspecified atom stereocenters. The van der Waals surface area contributed by atoms with E-state index in [9.17, 15) is 9.59 Å². The largest absolute Gasteiger partial charge is 0.487 e. The number of methoxy groups -OCH3 is 1. The number of nitrogens with zero attached hydrogens (tertiary/aromatic N) is 3. The van der Waals surface area contributed by atoms with E-state index < -0.39 is 6.04 Å². The molecule has 0 radical (unpaired) electrons. The zero-order valence-electron chi connectivity index (χ0n) is 16.1. The van der Waals surface area contributed by atoms with Crippen LogP contribution in [0.25, 0.3) is 0 Å². The molecule has 1 aromatic carbocycles. The first-order chi connectivity index (χ1) is 14.1. The van der Waals surface area contributed by atoms with E-state index in [0.717, 1.165) is 0 Å². The van der Waals surface area contributed by atoms with Crippen molar-refractivity contribution in [2.45, 2.75) is 18.6 Å². The standard InChI is InChI=1S/C21H22N4O4/c1-28-9-8-24-20(26)19-11-18(29-17-6-3-7-23-13-17)14-25(19)21(27)16-5-2-4-15(10-16)12-22/h2-7,10,13,18-19H,8-9,11,14H2,1H3,(H,24,26). The van der Waals surface area contributed by atoms with Crippen LogP contribution in [0.5, 0.6) is 5.75 Å². The molecule has 1 fully saturated rings. The fourth-order valence-corrected chi connectivity index (χ4v) is 3.25. The second-order valence-electron chi connectivity index (χ2n) is 6.61. The Morgan fingerprint density at radius 3 is 2.93 bits per heavy atom. The number of nitrogens with one attached hydrogen (secondary N) is 1. The van der Waals surface area contributed by atoms with Gasteiger partial charge in [-0.25, -0.2) is 0 Å². The summed E-state index contributed by atoms with van der Waals surface area (Å²) < 4.78 is 10.9. The Labute approximate surface area is 169 Å². The van der Waals surface area contributed by atoms with Crippen molar-refractivity contribution >= 4 is 11.8 Å². The predicted octanol–water partition coefficient (Wildman–Crippen LogP) is 1.38. The van der Waals surface area contributed by atoms with Gasteiger partial charge in [0.25, 0.3) is 5.91 Å². The molecule has 0 bridgehead atoms. The van der Waals surface area contributed by atoms with Gasteiger partial charge in [-0.3, -0.25) is 14.6 Å². The van der Waals surface area contributed by atoms with Gasteiger partial charge in [-0.1, -0.05) is 6.07 Å². The highest BCUT2D eigenvalue weighted by Crippen LogP contribution is 2.25. The number of pyridine rings is 1. The van der Waals surface area contributed by atoms with E-state index in [1.807, 2.05) is 6.07 Å². The summed E-state index contributed by atoms with van der Waals surface area (Å²) in [5.41, 5.74) is 0.750. The maximum Gasteiger partial charge on any atom is 0.254 e. The highest BCUT2D eigenvalue weighted by Gasteiger charge is 2.41. The Bertz CT molecular complexity index is 897. The monoisotopic (exact) mass is 394 g/mol. The number of ether oxygens (including phenoxy) is 2. The fourth-order valence-electron chi connectivity index (χ4n) is 3.25. The number of hydrogen-bond donors (Lipinski definition) is 1. The molecule has 2 amide bonds. The van der Waals surface area contributed by atoms with Crippen LogP contribution >= 0.6 is 0 Å². The molecule has 0 aliphatic carbocycles. The lowest BCUT2D eigenvalue weighted by Crippen LogP contribution is -2.46. The number of rotatable bonds is 7. The number of amides is 2. The third kappa shape index (κ3) is 5.09. The lowest BCUT2D eigenvalue weighted by Gasteiger charge is -2.23. The van der Waals surface area contributed by atoms with Gasteiger partial charge >= 0.3 is 0 Å². The SMILES string of the molecule is COCCNC(=O)C1CC(Oc2cccnc2)CN1C(=O)c1cccc(C#N)c1. The lowest BCUT2D eigenvalue weighted by molar-refractivity contribution is -0.125. The Balaban J connectivity index is 1.78. The van der Waals surface area contributed by atoms with Crippen LogP contribution in [0.15, 0.2) is 48.8 Å². The second kappa shape index (κ2) is 9.66. The molecule has 8 heteroatoms. The lowest BCUT2D eigenvalue weighted by atomic mass is 10.1. The van der Waals surface area contributed by atoms with Gasteiger partial charge in [0, 0.05) is 31.8 Å². The van der Waals surface area contributed by atoms with Gasteiger partial charge in [0.1, 0.15) is 17.9 Å². The third-order valence-electron chi connectivity index (χ3n) is 4.61. The highest BCUT2D eigenvalue weighted by atomic mass is 16.5. The summed E-state index contributed by atoms with van der Waals surface area (Å²) in [4.78, 5) is 31.3. The van der Waals surface area contributed by atoms with Gasteiger partial charge in [0.2, 0.25) is 5.91 Å². The predicted molar refractivity (Wildman–Crippen MR) is 104 cm³/mol. The number of nitriles is 1. The Hall–Kier alpha value is -3.44. The maximum atomic E-state index is 13.1. The summed E-state index contributed by atoms with van der Waals surface area (Å²) in [6, 6.07) is 11.3. The summed E-state index contributed by atoms with van der Waals surface area (Å²) in [5, 5.41) is 11.9. The molecule has 2 heterocycles. The number of carbonyl (C=O) groups excluding carboxylic acids is 2. The van der Waals surface area contributed by atoms with Crippen LogP contribution in [0.1, 0.15) is 22.3 Å². The quantitative estimate of drug-likeness (QED) is 0.712. The molecule has 1 aliphatic heterocycles. The van der Waals surface area contributed by atoms with E-state index in [2.05, 4.69) is 10.3 Å². The van der Waals surface area contributed by atoms with Crippen molar-refractivity contribution in [3.8, 4) is 11.8 Å². The molecular weight excluding hydrogens is 372 g/mol. The van der Waals surface area contributed by atoms with E-state index in [1.54, 1.807) is 49.8 Å². The first kappa shape index (κ1) is 20.3. The first-order valence-electron chi connectivity index (χ1n) is 9.27. The van der Waals surface area contributed by atoms with Crippen molar-refractivity contribution in [3.05, 3.63) is 59.9 Å². The van der Waals surface area contributed by atoms with Crippen molar-refractivity contribution in [2.24, 2.45) is 0 Å². The third-order valence-corrected chi connectivity index (χ3v) is 4.61. The number of aromatic nitrogens is 1. The van der Waals surface area contributed by atoms with Gasteiger partial charge in [0.05, 0.1) is 31.0 Å². The van der Waals surface area contributed by atoms with E-state index in [4.69, 9.17) is 14.7 Å². The molecule has 1 saturated heterocycles. The van der Waals surface area contributed by atoms with Gasteiger partial charge in [0.15, 0.2) is 0 Å². The van der Waals surface area contributed by atoms with Crippen LogP contribution in [-0.2, 0) is 9.53 Å². The average molecular weight is 394 g/mol. The van der Waals surface area contributed by atoms with E-state index in [-0.39, 0.29) is 24.5 Å². The van der Waals surface area contributed by atoms with Gasteiger partial charge in [-0.2, -0.15) is 5.26 Å². The van der Waals surface area contributed by atoms with Gasteiger partial charge in [-0.05, 0) is 30.3 Å². The Morgan fingerprint density at radius 2 is 2.21 bits per heavy atom. The molecule has 1 N–H and O–H groups in total. The van der Waals surface area contributed by atoms with E-state index in [1.165, 1.54) is 11.0 Å². The molecule has 3 rings (SSSR count).